The molecule has 0 saturated carbocycles. The molecule has 6 nitrogen and oxygen atoms in total. The Morgan fingerprint density at radius 2 is 1.78 bits per heavy atom. The van der Waals surface area contributed by atoms with Crippen LogP contribution in [0.2, 0.25) is 0 Å². The summed E-state index contributed by atoms with van der Waals surface area (Å²) < 4.78 is 1.85. The van der Waals surface area contributed by atoms with E-state index in [1.54, 1.807) is 7.05 Å². The lowest BCUT2D eigenvalue weighted by Gasteiger charge is -2.18. The third-order valence-electron chi connectivity index (χ3n) is 4.35. The predicted molar refractivity (Wildman–Crippen MR) is 108 cm³/mol. The Bertz CT molecular complexity index is 845. The van der Waals surface area contributed by atoms with E-state index in [0.717, 1.165) is 16.8 Å². The van der Waals surface area contributed by atoms with Gasteiger partial charge in [0.25, 0.3) is 0 Å². The second-order valence-electron chi connectivity index (χ2n) is 6.23. The van der Waals surface area contributed by atoms with E-state index in [2.05, 4.69) is 20.7 Å². The maximum Gasteiger partial charge on any atom is 0.191 e. The van der Waals surface area contributed by atoms with Gasteiger partial charge in [-0.15, -0.1) is 0 Å². The van der Waals surface area contributed by atoms with Gasteiger partial charge in [0.05, 0.1) is 18.5 Å². The summed E-state index contributed by atoms with van der Waals surface area (Å²) in [6, 6.07) is 20.0. The minimum Gasteiger partial charge on any atom is -0.396 e. The Morgan fingerprint density at radius 1 is 1.07 bits per heavy atom. The fraction of sp³-hybridized carbons (Fsp3) is 0.238. The molecule has 0 saturated heterocycles. The largest absolute Gasteiger partial charge is 0.396 e. The molecule has 1 unspecified atom stereocenters. The molecule has 3 rings (SSSR count). The fourth-order valence-electron chi connectivity index (χ4n) is 2.81. The van der Waals surface area contributed by atoms with E-state index >= 15 is 0 Å². The van der Waals surface area contributed by atoms with Crippen molar-refractivity contribution in [3.05, 3.63) is 84.2 Å². The third-order valence-corrected chi connectivity index (χ3v) is 4.35. The highest BCUT2D eigenvalue weighted by Gasteiger charge is 2.11. The van der Waals surface area contributed by atoms with Crippen molar-refractivity contribution in [2.75, 3.05) is 20.2 Å². The molecule has 0 spiro atoms. The van der Waals surface area contributed by atoms with Gasteiger partial charge in [0.1, 0.15) is 0 Å². The first-order valence-electron chi connectivity index (χ1n) is 8.99. The highest BCUT2D eigenvalue weighted by Crippen LogP contribution is 2.13. The molecule has 140 valence electrons. The summed E-state index contributed by atoms with van der Waals surface area (Å²) in [4.78, 5) is 4.25. The van der Waals surface area contributed by atoms with Crippen LogP contribution in [0, 0.1) is 0 Å². The number of aliphatic hydroxyl groups excluding tert-OH is 1. The summed E-state index contributed by atoms with van der Waals surface area (Å²) in [5.41, 5.74) is 3.19. The fourth-order valence-corrected chi connectivity index (χ4v) is 2.81. The number of nitrogens with zero attached hydrogens (tertiary/aromatic N) is 3. The molecular weight excluding hydrogens is 338 g/mol. The molecule has 1 heterocycles. The van der Waals surface area contributed by atoms with Crippen molar-refractivity contribution in [1.29, 1.82) is 0 Å². The lowest BCUT2D eigenvalue weighted by molar-refractivity contribution is 0.265. The number of aromatic nitrogens is 2. The number of aliphatic hydroxyl groups is 1. The standard InChI is InChI=1S/C21H25N5O/c1-22-21(24-14-19(16-27)18-8-4-2-5-9-18)23-12-17-13-25-26(15-17)20-10-6-3-7-11-20/h2-11,13,15,19,27H,12,14,16H2,1H3,(H2,22,23,24). The van der Waals surface area contributed by atoms with Gasteiger partial charge in [0, 0.05) is 37.8 Å². The van der Waals surface area contributed by atoms with Crippen molar-refractivity contribution in [3.8, 4) is 5.69 Å². The van der Waals surface area contributed by atoms with E-state index in [9.17, 15) is 5.11 Å². The number of nitrogens with one attached hydrogen (secondary N) is 2. The average molecular weight is 363 g/mol. The molecule has 1 atom stereocenters. The Labute approximate surface area is 159 Å². The van der Waals surface area contributed by atoms with E-state index < -0.39 is 0 Å². The molecule has 1 aromatic heterocycles. The molecule has 6 heteroatoms. The summed E-state index contributed by atoms with van der Waals surface area (Å²) in [6.45, 7) is 1.29. The monoisotopic (exact) mass is 363 g/mol. The van der Waals surface area contributed by atoms with Crippen LogP contribution in [0.15, 0.2) is 78.0 Å². The summed E-state index contributed by atoms with van der Waals surface area (Å²) in [7, 11) is 1.74. The number of rotatable bonds is 7. The Kier molecular flexibility index (Phi) is 6.60. The highest BCUT2D eigenvalue weighted by molar-refractivity contribution is 5.79. The van der Waals surface area contributed by atoms with Crippen molar-refractivity contribution >= 4 is 5.96 Å². The van der Waals surface area contributed by atoms with E-state index in [-0.39, 0.29) is 12.5 Å². The van der Waals surface area contributed by atoms with Crippen molar-refractivity contribution in [2.45, 2.75) is 12.5 Å². The molecule has 0 bridgehead atoms. The average Bonchev–Trinajstić information content (AvgIpc) is 3.21. The Balaban J connectivity index is 1.53. The van der Waals surface area contributed by atoms with E-state index in [1.165, 1.54) is 0 Å². The van der Waals surface area contributed by atoms with Crippen LogP contribution in [0.5, 0.6) is 0 Å². The maximum atomic E-state index is 9.67. The second kappa shape index (κ2) is 9.54. The van der Waals surface area contributed by atoms with Crippen molar-refractivity contribution in [1.82, 2.24) is 20.4 Å². The topological polar surface area (TPSA) is 74.5 Å². The zero-order chi connectivity index (χ0) is 18.9. The SMILES string of the molecule is CN=C(NCc1cnn(-c2ccccc2)c1)NCC(CO)c1ccccc1. The normalized spacial score (nSPS) is 12.6. The Hall–Kier alpha value is -3.12. The van der Waals surface area contributed by atoms with Gasteiger partial charge in [-0.05, 0) is 17.7 Å². The first-order valence-corrected chi connectivity index (χ1v) is 8.99. The van der Waals surface area contributed by atoms with E-state index in [4.69, 9.17) is 0 Å². The van der Waals surface area contributed by atoms with Crippen LogP contribution >= 0.6 is 0 Å². The molecule has 0 amide bonds. The van der Waals surface area contributed by atoms with Crippen LogP contribution in [0.25, 0.3) is 5.69 Å². The molecule has 3 N–H and O–H groups in total. The van der Waals surface area contributed by atoms with Crippen molar-refractivity contribution in [3.63, 3.8) is 0 Å². The number of hydrogen-bond donors (Lipinski definition) is 3. The smallest absolute Gasteiger partial charge is 0.191 e. The van der Waals surface area contributed by atoms with Gasteiger partial charge < -0.3 is 15.7 Å². The number of guanidine groups is 1. The van der Waals surface area contributed by atoms with Crippen LogP contribution in [0.3, 0.4) is 0 Å². The molecule has 27 heavy (non-hydrogen) atoms. The molecule has 0 radical (unpaired) electrons. The van der Waals surface area contributed by atoms with Gasteiger partial charge in [-0.3, -0.25) is 4.99 Å². The summed E-state index contributed by atoms with van der Waals surface area (Å²) in [6.07, 6.45) is 3.84. The number of benzene rings is 2. The van der Waals surface area contributed by atoms with Crippen LogP contribution in [0.4, 0.5) is 0 Å². The first kappa shape index (κ1) is 18.7. The maximum absolute atomic E-state index is 9.67. The van der Waals surface area contributed by atoms with Crippen LogP contribution in [-0.2, 0) is 6.54 Å². The van der Waals surface area contributed by atoms with Crippen LogP contribution in [0.1, 0.15) is 17.0 Å². The van der Waals surface area contributed by atoms with Crippen molar-refractivity contribution < 1.29 is 5.11 Å². The van der Waals surface area contributed by atoms with Gasteiger partial charge in [-0.2, -0.15) is 5.10 Å². The minimum atomic E-state index is 0.0191. The van der Waals surface area contributed by atoms with E-state index in [0.29, 0.717) is 19.0 Å². The van der Waals surface area contributed by atoms with Gasteiger partial charge in [-0.1, -0.05) is 48.5 Å². The lowest BCUT2D eigenvalue weighted by Crippen LogP contribution is -2.39. The minimum absolute atomic E-state index is 0.0191. The highest BCUT2D eigenvalue weighted by atomic mass is 16.3. The molecule has 0 aliphatic rings. The predicted octanol–water partition coefficient (Wildman–Crippen LogP) is 2.31. The summed E-state index contributed by atoms with van der Waals surface area (Å²) in [5, 5.41) is 20.6. The molecule has 0 aliphatic carbocycles. The zero-order valence-electron chi connectivity index (χ0n) is 15.4. The van der Waals surface area contributed by atoms with Gasteiger partial charge >= 0.3 is 0 Å². The number of para-hydroxylation sites is 1. The molecule has 0 aliphatic heterocycles. The second-order valence-corrected chi connectivity index (χ2v) is 6.23. The third kappa shape index (κ3) is 5.18. The quantitative estimate of drug-likeness (QED) is 0.445. The van der Waals surface area contributed by atoms with Crippen LogP contribution in [-0.4, -0.2) is 41.0 Å². The Morgan fingerprint density at radius 3 is 2.44 bits per heavy atom. The zero-order valence-corrected chi connectivity index (χ0v) is 15.4. The molecular formula is C21H25N5O. The van der Waals surface area contributed by atoms with Gasteiger partial charge in [0.15, 0.2) is 5.96 Å². The summed E-state index contributed by atoms with van der Waals surface area (Å²) in [5.74, 6) is 0.711. The first-order chi connectivity index (χ1) is 13.3. The van der Waals surface area contributed by atoms with Gasteiger partial charge in [0.2, 0.25) is 0 Å². The lowest BCUT2D eigenvalue weighted by atomic mass is 10.0. The van der Waals surface area contributed by atoms with Gasteiger partial charge in [-0.25, -0.2) is 4.68 Å². The molecule has 3 aromatic rings. The molecule has 0 fully saturated rings. The van der Waals surface area contributed by atoms with E-state index in [1.807, 2.05) is 77.7 Å². The molecule has 2 aromatic carbocycles. The number of aliphatic imine (C=N–C) groups is 1. The van der Waals surface area contributed by atoms with Crippen molar-refractivity contribution in [2.24, 2.45) is 4.99 Å². The number of hydrogen-bond acceptors (Lipinski definition) is 3. The summed E-state index contributed by atoms with van der Waals surface area (Å²) >= 11 is 0. The van der Waals surface area contributed by atoms with Crippen LogP contribution < -0.4 is 10.6 Å².